The monoisotopic (exact) mass is 273 g/mol. The minimum atomic E-state index is -0.506. The number of aromatic nitrogens is 3. The standard InChI is InChI=1S/C14H19N5O/c1-3-10(2)13(15)14(20)18-11-4-5-12(17-8-11)19-7-6-16-9-19/h4-10,13H,3,15H2,1-2H3,(H,18,20)/t10?,13-/m0/s1. The van der Waals surface area contributed by atoms with Crippen LogP contribution in [0.15, 0.2) is 37.1 Å². The number of nitrogens with one attached hydrogen (secondary N) is 1. The zero-order valence-corrected chi connectivity index (χ0v) is 11.7. The summed E-state index contributed by atoms with van der Waals surface area (Å²) in [6, 6.07) is 3.10. The zero-order valence-electron chi connectivity index (χ0n) is 11.7. The molecule has 0 spiro atoms. The highest BCUT2D eigenvalue weighted by atomic mass is 16.2. The molecule has 20 heavy (non-hydrogen) atoms. The summed E-state index contributed by atoms with van der Waals surface area (Å²) in [5.74, 6) is 0.705. The highest BCUT2D eigenvalue weighted by molar-refractivity contribution is 5.94. The van der Waals surface area contributed by atoms with Gasteiger partial charge in [-0.3, -0.25) is 9.36 Å². The fourth-order valence-electron chi connectivity index (χ4n) is 1.75. The summed E-state index contributed by atoms with van der Waals surface area (Å²) in [4.78, 5) is 20.2. The van der Waals surface area contributed by atoms with Crippen molar-refractivity contribution in [2.24, 2.45) is 11.7 Å². The molecule has 2 aromatic rings. The van der Waals surface area contributed by atoms with Crippen molar-refractivity contribution in [1.29, 1.82) is 0 Å². The first-order chi connectivity index (χ1) is 9.61. The van der Waals surface area contributed by atoms with Gasteiger partial charge in [0.1, 0.15) is 12.1 Å². The summed E-state index contributed by atoms with van der Waals surface area (Å²) in [7, 11) is 0. The van der Waals surface area contributed by atoms with E-state index in [1.165, 1.54) is 0 Å². The smallest absolute Gasteiger partial charge is 0.241 e. The van der Waals surface area contributed by atoms with Crippen LogP contribution in [0.1, 0.15) is 20.3 Å². The maximum atomic E-state index is 11.9. The van der Waals surface area contributed by atoms with Gasteiger partial charge in [-0.1, -0.05) is 20.3 Å². The van der Waals surface area contributed by atoms with Crippen LogP contribution in [0.5, 0.6) is 0 Å². The van der Waals surface area contributed by atoms with Crippen LogP contribution in [0.2, 0.25) is 0 Å². The molecule has 6 nitrogen and oxygen atoms in total. The van der Waals surface area contributed by atoms with Gasteiger partial charge in [-0.25, -0.2) is 9.97 Å². The van der Waals surface area contributed by atoms with Gasteiger partial charge in [0.2, 0.25) is 5.91 Å². The Morgan fingerprint density at radius 3 is 2.85 bits per heavy atom. The molecule has 2 heterocycles. The molecule has 0 saturated carbocycles. The molecule has 106 valence electrons. The second kappa shape index (κ2) is 6.29. The number of carbonyl (C=O) groups excluding carboxylic acids is 1. The van der Waals surface area contributed by atoms with E-state index in [0.29, 0.717) is 5.69 Å². The van der Waals surface area contributed by atoms with Crippen molar-refractivity contribution in [2.75, 3.05) is 5.32 Å². The van der Waals surface area contributed by atoms with Crippen LogP contribution in [-0.4, -0.2) is 26.5 Å². The molecule has 0 fully saturated rings. The van der Waals surface area contributed by atoms with Crippen molar-refractivity contribution < 1.29 is 4.79 Å². The number of pyridine rings is 1. The van der Waals surface area contributed by atoms with E-state index in [2.05, 4.69) is 15.3 Å². The molecule has 3 N–H and O–H groups in total. The van der Waals surface area contributed by atoms with E-state index in [0.717, 1.165) is 12.2 Å². The highest BCUT2D eigenvalue weighted by Crippen LogP contribution is 2.12. The molecule has 0 bridgehead atoms. The number of carbonyl (C=O) groups is 1. The number of hydrogen-bond donors (Lipinski definition) is 2. The number of rotatable bonds is 5. The fourth-order valence-corrected chi connectivity index (χ4v) is 1.75. The van der Waals surface area contributed by atoms with Gasteiger partial charge in [0.05, 0.1) is 17.9 Å². The van der Waals surface area contributed by atoms with Crippen LogP contribution in [-0.2, 0) is 4.79 Å². The Bertz CT molecular complexity index is 549. The van der Waals surface area contributed by atoms with Gasteiger partial charge in [-0.2, -0.15) is 0 Å². The SMILES string of the molecule is CCC(C)[C@H](N)C(=O)Nc1ccc(-n2ccnc2)nc1. The average molecular weight is 273 g/mol. The molecule has 0 saturated heterocycles. The van der Waals surface area contributed by atoms with Gasteiger partial charge in [0.15, 0.2) is 0 Å². The van der Waals surface area contributed by atoms with Gasteiger partial charge in [-0.05, 0) is 18.1 Å². The first-order valence-electron chi connectivity index (χ1n) is 6.62. The Hall–Kier alpha value is -2.21. The molecule has 1 amide bonds. The Morgan fingerprint density at radius 1 is 1.50 bits per heavy atom. The van der Waals surface area contributed by atoms with E-state index < -0.39 is 6.04 Å². The Balaban J connectivity index is 2.02. The Kier molecular flexibility index (Phi) is 4.47. The Morgan fingerprint density at radius 2 is 2.30 bits per heavy atom. The topological polar surface area (TPSA) is 85.8 Å². The van der Waals surface area contributed by atoms with Gasteiger partial charge in [0, 0.05) is 12.4 Å². The summed E-state index contributed by atoms with van der Waals surface area (Å²) < 4.78 is 1.79. The lowest BCUT2D eigenvalue weighted by Crippen LogP contribution is -2.40. The molecule has 2 aromatic heterocycles. The lowest BCUT2D eigenvalue weighted by molar-refractivity contribution is -0.118. The van der Waals surface area contributed by atoms with Crippen molar-refractivity contribution in [1.82, 2.24) is 14.5 Å². The van der Waals surface area contributed by atoms with Crippen LogP contribution >= 0.6 is 0 Å². The first kappa shape index (κ1) is 14.2. The van der Waals surface area contributed by atoms with Gasteiger partial charge in [-0.15, -0.1) is 0 Å². The van der Waals surface area contributed by atoms with Crippen molar-refractivity contribution in [2.45, 2.75) is 26.3 Å². The maximum Gasteiger partial charge on any atom is 0.241 e. The summed E-state index contributed by atoms with van der Waals surface area (Å²) >= 11 is 0. The molecule has 0 aliphatic heterocycles. The number of nitrogens with two attached hydrogens (primary N) is 1. The predicted molar refractivity (Wildman–Crippen MR) is 77.4 cm³/mol. The highest BCUT2D eigenvalue weighted by Gasteiger charge is 2.19. The summed E-state index contributed by atoms with van der Waals surface area (Å²) in [5, 5.41) is 2.78. The number of anilines is 1. The van der Waals surface area contributed by atoms with Crippen LogP contribution in [0.4, 0.5) is 5.69 Å². The van der Waals surface area contributed by atoms with E-state index in [9.17, 15) is 4.79 Å². The average Bonchev–Trinajstić information content (AvgIpc) is 3.00. The molecule has 1 unspecified atom stereocenters. The normalized spacial score (nSPS) is 13.8. The molecule has 2 atom stereocenters. The molecule has 2 rings (SSSR count). The first-order valence-corrected chi connectivity index (χ1v) is 6.62. The summed E-state index contributed by atoms with van der Waals surface area (Å²) in [5.41, 5.74) is 6.52. The van der Waals surface area contributed by atoms with Gasteiger partial charge >= 0.3 is 0 Å². The van der Waals surface area contributed by atoms with Gasteiger partial charge < -0.3 is 11.1 Å². The molecule has 0 radical (unpaired) electrons. The minimum absolute atomic E-state index is 0.146. The molecule has 0 aliphatic carbocycles. The van der Waals surface area contributed by atoms with E-state index >= 15 is 0 Å². The second-order valence-electron chi connectivity index (χ2n) is 4.78. The third-order valence-electron chi connectivity index (χ3n) is 3.34. The third kappa shape index (κ3) is 3.21. The van der Waals surface area contributed by atoms with Crippen molar-refractivity contribution in [3.63, 3.8) is 0 Å². The molecule has 6 heteroatoms. The number of nitrogens with zero attached hydrogens (tertiary/aromatic N) is 3. The largest absolute Gasteiger partial charge is 0.323 e. The summed E-state index contributed by atoms with van der Waals surface area (Å²) in [6.45, 7) is 3.98. The van der Waals surface area contributed by atoms with Crippen molar-refractivity contribution >= 4 is 11.6 Å². The number of hydrogen-bond acceptors (Lipinski definition) is 4. The van der Waals surface area contributed by atoms with Crippen LogP contribution in [0.3, 0.4) is 0 Å². The van der Waals surface area contributed by atoms with Crippen LogP contribution < -0.4 is 11.1 Å². The number of amides is 1. The predicted octanol–water partition coefficient (Wildman–Crippen LogP) is 1.58. The van der Waals surface area contributed by atoms with E-state index in [4.69, 9.17) is 5.73 Å². The lowest BCUT2D eigenvalue weighted by Gasteiger charge is -2.17. The van der Waals surface area contributed by atoms with Crippen molar-refractivity contribution in [3.8, 4) is 5.82 Å². The third-order valence-corrected chi connectivity index (χ3v) is 3.34. The second-order valence-corrected chi connectivity index (χ2v) is 4.78. The van der Waals surface area contributed by atoms with E-state index in [1.807, 2.05) is 19.9 Å². The van der Waals surface area contributed by atoms with Crippen molar-refractivity contribution in [3.05, 3.63) is 37.1 Å². The molecule has 0 aromatic carbocycles. The molecule has 0 aliphatic rings. The maximum absolute atomic E-state index is 11.9. The van der Waals surface area contributed by atoms with E-state index in [-0.39, 0.29) is 11.8 Å². The summed E-state index contributed by atoms with van der Waals surface area (Å²) in [6.07, 6.45) is 7.63. The molecular formula is C14H19N5O. The minimum Gasteiger partial charge on any atom is -0.323 e. The lowest BCUT2D eigenvalue weighted by atomic mass is 9.99. The van der Waals surface area contributed by atoms with Gasteiger partial charge in [0.25, 0.3) is 0 Å². The number of imidazole rings is 1. The Labute approximate surface area is 118 Å². The fraction of sp³-hybridized carbons (Fsp3) is 0.357. The van der Waals surface area contributed by atoms with Crippen LogP contribution in [0.25, 0.3) is 5.82 Å². The quantitative estimate of drug-likeness (QED) is 0.866. The van der Waals surface area contributed by atoms with E-state index in [1.54, 1.807) is 35.6 Å². The van der Waals surface area contributed by atoms with Crippen LogP contribution in [0, 0.1) is 5.92 Å². The molecular weight excluding hydrogens is 254 g/mol. The zero-order chi connectivity index (χ0) is 14.5.